The molecule has 1 amide bonds. The van der Waals surface area contributed by atoms with Crippen molar-refractivity contribution in [2.24, 2.45) is 0 Å². The molecule has 0 radical (unpaired) electrons. The largest absolute Gasteiger partial charge is 0.419 e. The molecule has 1 aromatic heterocycles. The molecule has 0 unspecified atom stereocenters. The maximum atomic E-state index is 13.7. The van der Waals surface area contributed by atoms with Crippen LogP contribution in [0.25, 0.3) is 0 Å². The minimum atomic E-state index is -4.86. The standard InChI is InChI=1S/C13H10F4N2O2/c1-7-5-8(19-21-7)6-18-12(20)9-3-2-4-10(11(9)14)13(15,16)17/h2-5H,6H2,1H3,(H,18,20). The van der Waals surface area contributed by atoms with Gasteiger partial charge in [0.25, 0.3) is 5.91 Å². The van der Waals surface area contributed by atoms with Crippen LogP contribution < -0.4 is 5.32 Å². The van der Waals surface area contributed by atoms with Gasteiger partial charge in [-0.2, -0.15) is 13.2 Å². The molecular weight excluding hydrogens is 292 g/mol. The molecule has 0 fully saturated rings. The van der Waals surface area contributed by atoms with Crippen molar-refractivity contribution < 1.29 is 26.9 Å². The number of rotatable bonds is 3. The number of nitrogens with zero attached hydrogens (tertiary/aromatic N) is 1. The van der Waals surface area contributed by atoms with Gasteiger partial charge in [-0.1, -0.05) is 11.2 Å². The molecule has 0 bridgehead atoms. The van der Waals surface area contributed by atoms with Crippen LogP contribution in [0, 0.1) is 12.7 Å². The molecule has 0 aliphatic heterocycles. The molecule has 112 valence electrons. The molecule has 8 heteroatoms. The van der Waals surface area contributed by atoms with E-state index in [-0.39, 0.29) is 6.54 Å². The number of amides is 1. The first-order valence-electron chi connectivity index (χ1n) is 5.85. The van der Waals surface area contributed by atoms with Crippen LogP contribution in [0.5, 0.6) is 0 Å². The van der Waals surface area contributed by atoms with Crippen molar-refractivity contribution in [3.05, 3.63) is 52.7 Å². The zero-order valence-electron chi connectivity index (χ0n) is 10.8. The van der Waals surface area contributed by atoms with Gasteiger partial charge in [-0.25, -0.2) is 4.39 Å². The number of aryl methyl sites for hydroxylation is 1. The predicted octanol–water partition coefficient (Wildman–Crippen LogP) is 3.07. The van der Waals surface area contributed by atoms with E-state index in [1.54, 1.807) is 13.0 Å². The van der Waals surface area contributed by atoms with E-state index >= 15 is 0 Å². The smallest absolute Gasteiger partial charge is 0.361 e. The zero-order chi connectivity index (χ0) is 15.6. The second kappa shape index (κ2) is 5.55. The Bertz CT molecular complexity index is 664. The van der Waals surface area contributed by atoms with Crippen molar-refractivity contribution in [1.82, 2.24) is 10.5 Å². The number of aromatic nitrogens is 1. The minimum Gasteiger partial charge on any atom is -0.361 e. The number of halogens is 4. The van der Waals surface area contributed by atoms with E-state index in [0.717, 1.165) is 12.1 Å². The fourth-order valence-corrected chi connectivity index (χ4v) is 1.69. The average Bonchev–Trinajstić information content (AvgIpc) is 2.80. The van der Waals surface area contributed by atoms with Crippen molar-refractivity contribution in [2.75, 3.05) is 0 Å². The number of carbonyl (C=O) groups excluding carboxylic acids is 1. The van der Waals surface area contributed by atoms with Gasteiger partial charge in [0.1, 0.15) is 17.3 Å². The Hall–Kier alpha value is -2.38. The summed E-state index contributed by atoms with van der Waals surface area (Å²) in [6.07, 6.45) is -4.86. The monoisotopic (exact) mass is 302 g/mol. The van der Waals surface area contributed by atoms with Gasteiger partial charge in [0.05, 0.1) is 17.7 Å². The van der Waals surface area contributed by atoms with E-state index in [0.29, 0.717) is 17.5 Å². The maximum Gasteiger partial charge on any atom is 0.419 e. The van der Waals surface area contributed by atoms with Gasteiger partial charge in [-0.3, -0.25) is 4.79 Å². The fraction of sp³-hybridized carbons (Fsp3) is 0.231. The molecule has 1 aromatic carbocycles. The lowest BCUT2D eigenvalue weighted by molar-refractivity contribution is -0.140. The summed E-state index contributed by atoms with van der Waals surface area (Å²) >= 11 is 0. The summed E-state index contributed by atoms with van der Waals surface area (Å²) in [6, 6.07) is 4.07. The third-order valence-electron chi connectivity index (χ3n) is 2.66. The second-order valence-corrected chi connectivity index (χ2v) is 4.28. The summed E-state index contributed by atoms with van der Waals surface area (Å²) < 4.78 is 56.2. The normalized spacial score (nSPS) is 11.5. The highest BCUT2D eigenvalue weighted by atomic mass is 19.4. The second-order valence-electron chi connectivity index (χ2n) is 4.28. The van der Waals surface area contributed by atoms with Gasteiger partial charge in [-0.15, -0.1) is 0 Å². The molecule has 0 spiro atoms. The molecule has 2 aromatic rings. The lowest BCUT2D eigenvalue weighted by atomic mass is 10.1. The number of hydrogen-bond donors (Lipinski definition) is 1. The van der Waals surface area contributed by atoms with Crippen molar-refractivity contribution in [3.8, 4) is 0 Å². The van der Waals surface area contributed by atoms with Gasteiger partial charge < -0.3 is 9.84 Å². The van der Waals surface area contributed by atoms with Crippen molar-refractivity contribution in [3.63, 3.8) is 0 Å². The number of carbonyl (C=O) groups is 1. The zero-order valence-corrected chi connectivity index (χ0v) is 10.8. The molecule has 0 saturated heterocycles. The lowest BCUT2D eigenvalue weighted by Gasteiger charge is -2.10. The summed E-state index contributed by atoms with van der Waals surface area (Å²) in [7, 11) is 0. The molecule has 4 nitrogen and oxygen atoms in total. The Kier molecular flexibility index (Phi) is 3.97. The number of benzene rings is 1. The van der Waals surface area contributed by atoms with Crippen LogP contribution in [0.2, 0.25) is 0 Å². The molecule has 21 heavy (non-hydrogen) atoms. The Morgan fingerprint density at radius 1 is 1.38 bits per heavy atom. The SMILES string of the molecule is Cc1cc(CNC(=O)c2cccc(C(F)(F)F)c2F)no1. The van der Waals surface area contributed by atoms with Gasteiger partial charge in [-0.05, 0) is 19.1 Å². The Morgan fingerprint density at radius 2 is 2.10 bits per heavy atom. The summed E-state index contributed by atoms with van der Waals surface area (Å²) in [5.41, 5.74) is -1.77. The molecule has 2 rings (SSSR count). The van der Waals surface area contributed by atoms with Crippen LogP contribution in [0.4, 0.5) is 17.6 Å². The number of nitrogens with one attached hydrogen (secondary N) is 1. The highest BCUT2D eigenvalue weighted by Crippen LogP contribution is 2.32. The van der Waals surface area contributed by atoms with Crippen LogP contribution >= 0.6 is 0 Å². The van der Waals surface area contributed by atoms with Crippen molar-refractivity contribution >= 4 is 5.91 Å². The highest BCUT2D eigenvalue weighted by Gasteiger charge is 2.35. The van der Waals surface area contributed by atoms with Crippen molar-refractivity contribution in [2.45, 2.75) is 19.6 Å². The predicted molar refractivity (Wildman–Crippen MR) is 63.8 cm³/mol. The number of hydrogen-bond acceptors (Lipinski definition) is 3. The van der Waals surface area contributed by atoms with Crippen LogP contribution in [0.1, 0.15) is 27.4 Å². The first-order valence-corrected chi connectivity index (χ1v) is 5.85. The van der Waals surface area contributed by atoms with E-state index in [1.165, 1.54) is 0 Å². The van der Waals surface area contributed by atoms with Crippen molar-refractivity contribution in [1.29, 1.82) is 0 Å². The molecule has 0 aliphatic rings. The van der Waals surface area contributed by atoms with Crippen LogP contribution in [-0.2, 0) is 12.7 Å². The van der Waals surface area contributed by atoms with Gasteiger partial charge in [0, 0.05) is 6.07 Å². The third-order valence-corrected chi connectivity index (χ3v) is 2.66. The average molecular weight is 302 g/mol. The topological polar surface area (TPSA) is 55.1 Å². The third kappa shape index (κ3) is 3.39. The minimum absolute atomic E-state index is 0.0775. The Labute approximate surface area is 116 Å². The van der Waals surface area contributed by atoms with Gasteiger partial charge in [0.2, 0.25) is 0 Å². The molecule has 1 N–H and O–H groups in total. The van der Waals surface area contributed by atoms with Gasteiger partial charge in [0.15, 0.2) is 0 Å². The first-order chi connectivity index (χ1) is 9.79. The molecule has 1 heterocycles. The van der Waals surface area contributed by atoms with Gasteiger partial charge >= 0.3 is 6.18 Å². The van der Waals surface area contributed by atoms with Crippen LogP contribution in [0.3, 0.4) is 0 Å². The first kappa shape index (κ1) is 15.0. The molecule has 0 atom stereocenters. The molecular formula is C13H10F4N2O2. The van der Waals surface area contributed by atoms with E-state index in [4.69, 9.17) is 4.52 Å². The lowest BCUT2D eigenvalue weighted by Crippen LogP contribution is -2.25. The fourth-order valence-electron chi connectivity index (χ4n) is 1.69. The van der Waals surface area contributed by atoms with E-state index in [1.807, 2.05) is 0 Å². The van der Waals surface area contributed by atoms with E-state index < -0.39 is 29.0 Å². The number of alkyl halides is 3. The van der Waals surface area contributed by atoms with E-state index in [9.17, 15) is 22.4 Å². The molecule has 0 aliphatic carbocycles. The molecule has 0 saturated carbocycles. The Morgan fingerprint density at radius 3 is 2.67 bits per heavy atom. The summed E-state index contributed by atoms with van der Waals surface area (Å²) in [6.45, 7) is 1.57. The van der Waals surface area contributed by atoms with Crippen LogP contribution in [-0.4, -0.2) is 11.1 Å². The quantitative estimate of drug-likeness (QED) is 0.887. The highest BCUT2D eigenvalue weighted by molar-refractivity contribution is 5.94. The Balaban J connectivity index is 2.16. The summed E-state index contributed by atoms with van der Waals surface area (Å²) in [5, 5.41) is 5.88. The van der Waals surface area contributed by atoms with Crippen LogP contribution in [0.15, 0.2) is 28.8 Å². The summed E-state index contributed by atoms with van der Waals surface area (Å²) in [4.78, 5) is 11.7. The van der Waals surface area contributed by atoms with E-state index in [2.05, 4.69) is 10.5 Å². The summed E-state index contributed by atoms with van der Waals surface area (Å²) in [5.74, 6) is -2.04. The maximum absolute atomic E-state index is 13.7.